The van der Waals surface area contributed by atoms with Crippen LogP contribution in [0.3, 0.4) is 0 Å². The molecule has 0 bridgehead atoms. The number of anilines is 1. The summed E-state index contributed by atoms with van der Waals surface area (Å²) in [6.07, 6.45) is -2.66. The molecule has 232 valence electrons. The second-order valence-corrected chi connectivity index (χ2v) is 10.1. The Hall–Kier alpha value is -5.03. The van der Waals surface area contributed by atoms with Crippen molar-refractivity contribution in [1.82, 2.24) is 45.3 Å². The molecule has 0 aliphatic carbocycles. The third kappa shape index (κ3) is 7.04. The van der Waals surface area contributed by atoms with Crippen molar-refractivity contribution in [2.75, 3.05) is 5.32 Å². The molecule has 0 radical (unpaired) electrons. The molecule has 0 fully saturated rings. The summed E-state index contributed by atoms with van der Waals surface area (Å²) in [5.74, 6) is -4.92. The highest BCUT2D eigenvalue weighted by atomic mass is 35.5. The summed E-state index contributed by atoms with van der Waals surface area (Å²) in [6, 6.07) is 7.60. The summed E-state index contributed by atoms with van der Waals surface area (Å²) in [5.41, 5.74) is -0.108. The van der Waals surface area contributed by atoms with E-state index in [9.17, 15) is 31.5 Å². The van der Waals surface area contributed by atoms with Crippen molar-refractivity contribution in [3.63, 3.8) is 0 Å². The van der Waals surface area contributed by atoms with E-state index in [1.54, 1.807) is 6.92 Å². The van der Waals surface area contributed by atoms with Crippen LogP contribution in [0.4, 0.5) is 27.6 Å². The number of hydrogen-bond acceptors (Lipinski definition) is 8. The number of aryl methyl sites for hydroxylation is 1. The first-order valence-electron chi connectivity index (χ1n) is 12.5. The summed E-state index contributed by atoms with van der Waals surface area (Å²) in [5, 5.41) is 19.2. The molecule has 0 aliphatic rings. The first-order chi connectivity index (χ1) is 21.3. The number of alkyl halides is 3. The minimum absolute atomic E-state index is 0.0118. The number of benzene rings is 1. The largest absolute Gasteiger partial charge is 0.455 e. The zero-order valence-corrected chi connectivity index (χ0v) is 24.1. The van der Waals surface area contributed by atoms with Crippen LogP contribution in [0.15, 0.2) is 48.8 Å². The maximum atomic E-state index is 14.1. The number of aromatic nitrogens is 8. The molecule has 0 aliphatic heterocycles. The Balaban J connectivity index is 1.47. The van der Waals surface area contributed by atoms with Crippen LogP contribution in [-0.2, 0) is 19.3 Å². The number of halogens is 7. The molecule has 0 saturated carbocycles. The molecule has 19 heteroatoms. The average Bonchev–Trinajstić information content (AvgIpc) is 3.62. The third-order valence-electron chi connectivity index (χ3n) is 6.03. The Bertz CT molecular complexity index is 1930. The van der Waals surface area contributed by atoms with E-state index in [0.717, 1.165) is 10.9 Å². The van der Waals surface area contributed by atoms with Gasteiger partial charge in [0.05, 0.1) is 40.4 Å². The van der Waals surface area contributed by atoms with Crippen LogP contribution in [0.2, 0.25) is 10.0 Å². The molecule has 1 aromatic carbocycles. The molecular formula is C26H17Cl2F5N10O2. The molecule has 4 aromatic heterocycles. The zero-order valence-electron chi connectivity index (χ0n) is 22.6. The highest BCUT2D eigenvalue weighted by molar-refractivity contribution is 6.32. The topological polar surface area (TPSA) is 145 Å². The van der Waals surface area contributed by atoms with Gasteiger partial charge in [-0.1, -0.05) is 23.2 Å². The Labute approximate surface area is 259 Å². The van der Waals surface area contributed by atoms with Gasteiger partial charge in [-0.25, -0.2) is 18.4 Å². The molecule has 0 spiro atoms. The van der Waals surface area contributed by atoms with Gasteiger partial charge in [-0.3, -0.25) is 14.6 Å². The van der Waals surface area contributed by atoms with Crippen LogP contribution in [0, 0.1) is 18.6 Å². The van der Waals surface area contributed by atoms with Gasteiger partial charge in [-0.2, -0.15) is 23.1 Å². The van der Waals surface area contributed by atoms with E-state index in [0.29, 0.717) is 16.4 Å². The molecule has 0 saturated heterocycles. The van der Waals surface area contributed by atoms with Crippen LogP contribution in [0.5, 0.6) is 0 Å². The van der Waals surface area contributed by atoms with Crippen molar-refractivity contribution in [1.29, 1.82) is 0 Å². The average molecular weight is 667 g/mol. The number of nitrogens with zero attached hydrogens (tertiary/aromatic N) is 8. The van der Waals surface area contributed by atoms with Gasteiger partial charge >= 0.3 is 6.18 Å². The van der Waals surface area contributed by atoms with Crippen molar-refractivity contribution in [2.45, 2.75) is 26.2 Å². The number of amides is 2. The fourth-order valence-corrected chi connectivity index (χ4v) is 4.50. The van der Waals surface area contributed by atoms with Gasteiger partial charge in [0.25, 0.3) is 17.6 Å². The van der Waals surface area contributed by atoms with Crippen molar-refractivity contribution < 1.29 is 31.5 Å². The van der Waals surface area contributed by atoms with E-state index >= 15 is 0 Å². The molecular weight excluding hydrogens is 650 g/mol. The second kappa shape index (κ2) is 12.5. The highest BCUT2D eigenvalue weighted by Crippen LogP contribution is 2.28. The number of hydrogen-bond donors (Lipinski definition) is 2. The normalized spacial score (nSPS) is 11.5. The van der Waals surface area contributed by atoms with E-state index in [-0.39, 0.29) is 44.2 Å². The van der Waals surface area contributed by atoms with E-state index in [4.69, 9.17) is 23.2 Å². The lowest BCUT2D eigenvalue weighted by Crippen LogP contribution is -2.26. The molecule has 5 rings (SSSR count). The van der Waals surface area contributed by atoms with E-state index in [2.05, 4.69) is 41.1 Å². The maximum Gasteiger partial charge on any atom is 0.455 e. The van der Waals surface area contributed by atoms with E-state index < -0.39 is 48.5 Å². The van der Waals surface area contributed by atoms with Gasteiger partial charge in [0.15, 0.2) is 5.82 Å². The predicted molar refractivity (Wildman–Crippen MR) is 148 cm³/mol. The highest BCUT2D eigenvalue weighted by Gasteiger charge is 2.37. The molecule has 0 atom stereocenters. The number of carbonyl (C=O) groups excluding carboxylic acids is 2. The monoisotopic (exact) mass is 666 g/mol. The minimum Gasteiger partial charge on any atom is -0.346 e. The molecule has 0 unspecified atom stereocenters. The Kier molecular flexibility index (Phi) is 8.74. The summed E-state index contributed by atoms with van der Waals surface area (Å²) < 4.78 is 67.2. The van der Waals surface area contributed by atoms with Gasteiger partial charge in [0.1, 0.15) is 23.9 Å². The second-order valence-electron chi connectivity index (χ2n) is 9.25. The number of pyridine rings is 2. The van der Waals surface area contributed by atoms with Crippen molar-refractivity contribution in [3.05, 3.63) is 105 Å². The lowest BCUT2D eigenvalue weighted by molar-refractivity contribution is -0.145. The Morgan fingerprint density at radius 3 is 2.49 bits per heavy atom. The molecule has 45 heavy (non-hydrogen) atoms. The Morgan fingerprint density at radius 2 is 1.80 bits per heavy atom. The van der Waals surface area contributed by atoms with Crippen molar-refractivity contribution >= 4 is 40.7 Å². The fourth-order valence-electron chi connectivity index (χ4n) is 4.03. The third-order valence-corrected chi connectivity index (χ3v) is 6.54. The summed E-state index contributed by atoms with van der Waals surface area (Å²) in [4.78, 5) is 35.3. The van der Waals surface area contributed by atoms with Gasteiger partial charge in [0, 0.05) is 17.3 Å². The van der Waals surface area contributed by atoms with Crippen molar-refractivity contribution in [2.24, 2.45) is 0 Å². The predicted octanol–water partition coefficient (Wildman–Crippen LogP) is 4.79. The van der Waals surface area contributed by atoms with Crippen molar-refractivity contribution in [3.8, 4) is 5.82 Å². The first kappa shape index (κ1) is 31.4. The standard InChI is InChI=1S/C26H17Cl2F5N10O2/c1-12-5-13(27)6-16(23(44)36-10-19-18(30)7-14(29)9-35-19)21(12)37-24(45)20-8-15(11-42-40-25(38-41-42)26(31,32)33)39-43(20)22-17(28)3-2-4-34-22/h2-9H,10-11H2,1H3,(H,36,44)(H,37,45). The minimum atomic E-state index is -4.83. The van der Waals surface area contributed by atoms with Crippen LogP contribution >= 0.6 is 23.2 Å². The smallest absolute Gasteiger partial charge is 0.346 e. The van der Waals surface area contributed by atoms with E-state index in [1.807, 2.05) is 0 Å². The van der Waals surface area contributed by atoms with Crippen LogP contribution in [0.1, 0.15) is 43.6 Å². The molecule has 2 N–H and O–H groups in total. The molecule has 4 heterocycles. The maximum absolute atomic E-state index is 14.1. The summed E-state index contributed by atoms with van der Waals surface area (Å²) in [6.45, 7) is 0.736. The number of rotatable bonds is 8. The van der Waals surface area contributed by atoms with Gasteiger partial charge in [0.2, 0.25) is 0 Å². The van der Waals surface area contributed by atoms with Gasteiger partial charge < -0.3 is 10.6 Å². The van der Waals surface area contributed by atoms with E-state index in [1.165, 1.54) is 36.5 Å². The summed E-state index contributed by atoms with van der Waals surface area (Å²) >= 11 is 12.5. The number of carbonyl (C=O) groups is 2. The van der Waals surface area contributed by atoms with Crippen LogP contribution in [0.25, 0.3) is 5.82 Å². The zero-order chi connectivity index (χ0) is 32.5. The number of nitrogens with one attached hydrogen (secondary N) is 2. The number of tetrazole rings is 1. The van der Waals surface area contributed by atoms with Crippen LogP contribution in [-0.4, -0.2) is 51.8 Å². The van der Waals surface area contributed by atoms with Gasteiger partial charge in [-0.05, 0) is 48.0 Å². The first-order valence-corrected chi connectivity index (χ1v) is 13.3. The Morgan fingerprint density at radius 1 is 1.02 bits per heavy atom. The molecule has 5 aromatic rings. The fraction of sp³-hybridized carbons (Fsp3) is 0.154. The summed E-state index contributed by atoms with van der Waals surface area (Å²) in [7, 11) is 0. The lowest BCUT2D eigenvalue weighted by Gasteiger charge is -2.15. The molecule has 2 amide bonds. The van der Waals surface area contributed by atoms with Crippen LogP contribution < -0.4 is 10.6 Å². The lowest BCUT2D eigenvalue weighted by atomic mass is 10.1. The SMILES string of the molecule is Cc1cc(Cl)cc(C(=O)NCc2ncc(F)cc2F)c1NC(=O)c1cc(Cn2nnc(C(F)(F)F)n2)nn1-c1ncccc1Cl. The quantitative estimate of drug-likeness (QED) is 0.225. The van der Waals surface area contributed by atoms with Gasteiger partial charge in [-0.15, -0.1) is 10.2 Å². The molecule has 12 nitrogen and oxygen atoms in total.